The third kappa shape index (κ3) is 4.23. The summed E-state index contributed by atoms with van der Waals surface area (Å²) in [4.78, 5) is 2.25. The van der Waals surface area contributed by atoms with Crippen LogP contribution in [0.1, 0.15) is 11.1 Å². The van der Waals surface area contributed by atoms with Crippen LogP contribution in [-0.2, 0) is 13.1 Å². The summed E-state index contributed by atoms with van der Waals surface area (Å²) in [6.07, 6.45) is 0. The van der Waals surface area contributed by atoms with Crippen LogP contribution in [0.25, 0.3) is 0 Å². The number of rotatable bonds is 5. The van der Waals surface area contributed by atoms with Gasteiger partial charge in [-0.25, -0.2) is 0 Å². The lowest BCUT2D eigenvalue weighted by atomic mass is 10.1. The van der Waals surface area contributed by atoms with Gasteiger partial charge in [0.05, 0.1) is 10.9 Å². The lowest BCUT2D eigenvalue weighted by Crippen LogP contribution is -2.17. The number of halogens is 1. The van der Waals surface area contributed by atoms with Gasteiger partial charge in [-0.05, 0) is 57.7 Å². The van der Waals surface area contributed by atoms with Crippen LogP contribution in [0.3, 0.4) is 0 Å². The fourth-order valence-electron chi connectivity index (χ4n) is 2.00. The maximum atomic E-state index is 5.86. The number of nitrogen functional groups attached to an aromatic ring is 1. The predicted octanol–water partition coefficient (Wildman–Crippen LogP) is 3.73. The van der Waals surface area contributed by atoms with Gasteiger partial charge in [-0.3, -0.25) is 4.90 Å². The second-order valence-corrected chi connectivity index (χ2v) is 6.84. The van der Waals surface area contributed by atoms with Crippen LogP contribution in [-0.4, -0.2) is 19.1 Å². The molecule has 0 spiro atoms. The van der Waals surface area contributed by atoms with Crippen molar-refractivity contribution in [1.82, 2.24) is 4.90 Å². The summed E-state index contributed by atoms with van der Waals surface area (Å²) in [6.45, 7) is 1.76. The quantitative estimate of drug-likeness (QED) is 0.842. The van der Waals surface area contributed by atoms with Crippen molar-refractivity contribution in [3.8, 4) is 5.75 Å². The highest BCUT2D eigenvalue weighted by atomic mass is 79.9. The summed E-state index contributed by atoms with van der Waals surface area (Å²) in [5, 5.41) is 2.17. The van der Waals surface area contributed by atoms with Crippen molar-refractivity contribution in [2.45, 2.75) is 13.1 Å². The molecule has 0 fully saturated rings. The van der Waals surface area contributed by atoms with Crippen LogP contribution in [0, 0.1) is 0 Å². The number of methoxy groups -OCH3 is 1. The van der Waals surface area contributed by atoms with Crippen molar-refractivity contribution in [2.75, 3.05) is 19.9 Å². The number of thiophene rings is 1. The molecule has 1 heterocycles. The first kappa shape index (κ1) is 14.4. The molecule has 19 heavy (non-hydrogen) atoms. The number of nitrogens with zero attached hydrogens (tertiary/aromatic N) is 1. The van der Waals surface area contributed by atoms with Gasteiger partial charge in [-0.2, -0.15) is 0 Å². The summed E-state index contributed by atoms with van der Waals surface area (Å²) < 4.78 is 6.40. The Hall–Kier alpha value is -1.04. The fourth-order valence-corrected chi connectivity index (χ4v) is 3.20. The summed E-state index contributed by atoms with van der Waals surface area (Å²) >= 11 is 5.20. The Kier molecular flexibility index (Phi) is 4.85. The van der Waals surface area contributed by atoms with Crippen molar-refractivity contribution >= 4 is 33.0 Å². The molecule has 0 amide bonds. The molecule has 0 saturated carbocycles. The molecule has 2 N–H and O–H groups in total. The number of hydrogen-bond acceptors (Lipinski definition) is 4. The van der Waals surface area contributed by atoms with Gasteiger partial charge in [-0.1, -0.05) is 0 Å². The van der Waals surface area contributed by atoms with Gasteiger partial charge in [0.2, 0.25) is 0 Å². The van der Waals surface area contributed by atoms with E-state index in [1.165, 1.54) is 9.35 Å². The van der Waals surface area contributed by atoms with Crippen molar-refractivity contribution in [1.29, 1.82) is 0 Å². The minimum Gasteiger partial charge on any atom is -0.497 e. The van der Waals surface area contributed by atoms with Crippen LogP contribution in [0.4, 0.5) is 5.69 Å². The maximum absolute atomic E-state index is 5.86. The molecule has 0 bridgehead atoms. The molecular formula is C14H17BrN2OS. The topological polar surface area (TPSA) is 38.5 Å². The molecule has 0 radical (unpaired) electrons. The minimum atomic E-state index is 0.737. The molecule has 0 aliphatic carbocycles. The van der Waals surface area contributed by atoms with E-state index < -0.39 is 0 Å². The lowest BCUT2D eigenvalue weighted by molar-refractivity contribution is 0.318. The highest BCUT2D eigenvalue weighted by Gasteiger charge is 2.06. The third-order valence-corrected chi connectivity index (χ3v) is 4.30. The molecule has 102 valence electrons. The first-order valence-electron chi connectivity index (χ1n) is 5.91. The highest BCUT2D eigenvalue weighted by Crippen LogP contribution is 2.23. The standard InChI is InChI=1S/C14H17BrN2OS/c1-17(8-11-5-14(15)19-9-11)7-10-3-12(16)6-13(4-10)18-2/h3-6,9H,7-8,16H2,1-2H3. The molecule has 0 atom stereocenters. The predicted molar refractivity (Wildman–Crippen MR) is 84.6 cm³/mol. The van der Waals surface area contributed by atoms with E-state index in [1.807, 2.05) is 18.2 Å². The van der Waals surface area contributed by atoms with E-state index >= 15 is 0 Å². The zero-order valence-electron chi connectivity index (χ0n) is 11.0. The van der Waals surface area contributed by atoms with Gasteiger partial charge >= 0.3 is 0 Å². The molecule has 3 nitrogen and oxygen atoms in total. The third-order valence-electron chi connectivity index (χ3n) is 2.75. The smallest absolute Gasteiger partial charge is 0.121 e. The van der Waals surface area contributed by atoms with Crippen LogP contribution < -0.4 is 10.5 Å². The number of hydrogen-bond donors (Lipinski definition) is 1. The maximum Gasteiger partial charge on any atom is 0.121 e. The second kappa shape index (κ2) is 6.41. The van der Waals surface area contributed by atoms with E-state index in [0.717, 1.165) is 30.1 Å². The Morgan fingerprint density at radius 2 is 1.95 bits per heavy atom. The van der Waals surface area contributed by atoms with Crippen molar-refractivity contribution < 1.29 is 4.74 Å². The van der Waals surface area contributed by atoms with Crippen molar-refractivity contribution in [3.63, 3.8) is 0 Å². The Labute approximate surface area is 126 Å². The second-order valence-electron chi connectivity index (χ2n) is 4.55. The van der Waals surface area contributed by atoms with Crippen LogP contribution in [0.5, 0.6) is 5.75 Å². The lowest BCUT2D eigenvalue weighted by Gasteiger charge is -2.16. The molecule has 0 aliphatic rings. The van der Waals surface area contributed by atoms with Gasteiger partial charge in [0.25, 0.3) is 0 Å². The van der Waals surface area contributed by atoms with Crippen LogP contribution in [0.15, 0.2) is 33.4 Å². The van der Waals surface area contributed by atoms with Crippen molar-refractivity contribution in [2.24, 2.45) is 0 Å². The van der Waals surface area contributed by atoms with Crippen molar-refractivity contribution in [3.05, 3.63) is 44.6 Å². The molecule has 1 aromatic carbocycles. The molecule has 0 unspecified atom stereocenters. The SMILES string of the molecule is COc1cc(N)cc(CN(C)Cc2csc(Br)c2)c1. The largest absolute Gasteiger partial charge is 0.497 e. The monoisotopic (exact) mass is 340 g/mol. The van der Waals surface area contributed by atoms with Crippen LogP contribution >= 0.6 is 27.3 Å². The van der Waals surface area contributed by atoms with E-state index in [0.29, 0.717) is 0 Å². The fraction of sp³-hybridized carbons (Fsp3) is 0.286. The Bertz CT molecular complexity index is 556. The van der Waals surface area contributed by atoms with E-state index in [2.05, 4.69) is 39.3 Å². The number of ether oxygens (including phenoxy) is 1. The van der Waals surface area contributed by atoms with E-state index in [-0.39, 0.29) is 0 Å². The van der Waals surface area contributed by atoms with E-state index in [9.17, 15) is 0 Å². The Balaban J connectivity index is 2.02. The van der Waals surface area contributed by atoms with Gasteiger partial charge in [0, 0.05) is 24.8 Å². The average molecular weight is 341 g/mol. The van der Waals surface area contributed by atoms with Gasteiger partial charge in [0.1, 0.15) is 5.75 Å². The molecule has 2 aromatic rings. The first-order chi connectivity index (χ1) is 9.06. The van der Waals surface area contributed by atoms with E-state index in [1.54, 1.807) is 18.4 Å². The normalized spacial score (nSPS) is 10.9. The zero-order chi connectivity index (χ0) is 13.8. The van der Waals surface area contributed by atoms with Gasteiger partial charge in [-0.15, -0.1) is 11.3 Å². The zero-order valence-corrected chi connectivity index (χ0v) is 13.4. The molecule has 0 aliphatic heterocycles. The Morgan fingerprint density at radius 1 is 1.21 bits per heavy atom. The van der Waals surface area contributed by atoms with E-state index in [4.69, 9.17) is 10.5 Å². The Morgan fingerprint density at radius 3 is 2.58 bits per heavy atom. The van der Waals surface area contributed by atoms with Crippen LogP contribution in [0.2, 0.25) is 0 Å². The van der Waals surface area contributed by atoms with Gasteiger partial charge in [0.15, 0.2) is 0 Å². The summed E-state index contributed by atoms with van der Waals surface area (Å²) in [7, 11) is 3.76. The molecule has 1 aromatic heterocycles. The molecule has 0 saturated heterocycles. The number of anilines is 1. The minimum absolute atomic E-state index is 0.737. The number of benzene rings is 1. The number of nitrogens with two attached hydrogens (primary N) is 1. The first-order valence-corrected chi connectivity index (χ1v) is 7.59. The summed E-state index contributed by atoms with van der Waals surface area (Å²) in [6, 6.07) is 8.00. The summed E-state index contributed by atoms with van der Waals surface area (Å²) in [5.41, 5.74) is 9.08. The van der Waals surface area contributed by atoms with Gasteiger partial charge < -0.3 is 10.5 Å². The summed E-state index contributed by atoms with van der Waals surface area (Å²) in [5.74, 6) is 0.807. The molecule has 5 heteroatoms. The molecule has 2 rings (SSSR count). The average Bonchev–Trinajstić information content (AvgIpc) is 2.73. The molecular weight excluding hydrogens is 324 g/mol. The highest BCUT2D eigenvalue weighted by molar-refractivity contribution is 9.11.